The van der Waals surface area contributed by atoms with Gasteiger partial charge < -0.3 is 58.5 Å². The molecule has 4 N–H and O–H groups in total. The Labute approximate surface area is 467 Å². The average molecular weight is 1100 g/mol. The lowest BCUT2D eigenvalue weighted by Gasteiger charge is -2.49. The third-order valence-corrected chi connectivity index (χ3v) is 18.7. The van der Waals surface area contributed by atoms with Crippen LogP contribution in [0.25, 0.3) is 0 Å². The van der Waals surface area contributed by atoms with Crippen LogP contribution in [0.5, 0.6) is 0 Å². The van der Waals surface area contributed by atoms with Crippen molar-refractivity contribution in [3.63, 3.8) is 0 Å². The molecular weight excluding hydrogens is 1010 g/mol. The zero-order chi connectivity index (χ0) is 56.6. The van der Waals surface area contributed by atoms with Crippen molar-refractivity contribution in [3.05, 3.63) is 94.2 Å². The SMILES string of the molecule is CC1=CCC2CC(C[C@]3(CCC(C)C(C)O3)O2)OC(=O)C2C=C(C)C(=NO)C3OCC(=CC=CC(C)C1)[C@@]23O.CCC1O[C@]2(CCC1C)CC1CC(CC=C(C)CC(C)C=CC=C3COC4C(=NO)C(C)=CC(C(=O)O1)[C@]34O)O2. The number of carbonyl (C=O) groups is 2. The molecule has 18 atom stereocenters. The van der Waals surface area contributed by atoms with Gasteiger partial charge in [-0.2, -0.15) is 0 Å². The number of ether oxygens (including phenoxy) is 8. The summed E-state index contributed by atoms with van der Waals surface area (Å²) < 4.78 is 50.8. The molecule has 0 amide bonds. The molecule has 0 aromatic carbocycles. The van der Waals surface area contributed by atoms with E-state index in [0.29, 0.717) is 66.2 Å². The molecule has 10 rings (SSSR count). The van der Waals surface area contributed by atoms with Crippen LogP contribution in [0.4, 0.5) is 0 Å². The highest BCUT2D eigenvalue weighted by molar-refractivity contribution is 6.07. The van der Waals surface area contributed by atoms with Gasteiger partial charge in [-0.05, 0) is 126 Å². The average Bonchev–Trinajstić information content (AvgIpc) is 4.00. The molecule has 0 saturated carbocycles. The van der Waals surface area contributed by atoms with Crippen molar-refractivity contribution in [2.75, 3.05) is 13.2 Å². The lowest BCUT2D eigenvalue weighted by molar-refractivity contribution is -0.335. The summed E-state index contributed by atoms with van der Waals surface area (Å²) >= 11 is 0. The van der Waals surface area contributed by atoms with Gasteiger partial charge in [-0.1, -0.05) is 117 Å². The van der Waals surface area contributed by atoms with Gasteiger partial charge in [0.25, 0.3) is 0 Å². The minimum Gasteiger partial charge on any atom is -0.462 e. The third-order valence-electron chi connectivity index (χ3n) is 18.7. The normalized spacial score (nSPS) is 43.9. The van der Waals surface area contributed by atoms with Gasteiger partial charge in [-0.3, -0.25) is 9.59 Å². The Balaban J connectivity index is 0.000000192. The smallest absolute Gasteiger partial charge is 0.316 e. The van der Waals surface area contributed by atoms with Gasteiger partial charge in [-0.15, -0.1) is 0 Å². The second-order valence-electron chi connectivity index (χ2n) is 25.0. The second-order valence-corrected chi connectivity index (χ2v) is 25.0. The van der Waals surface area contributed by atoms with Gasteiger partial charge in [0, 0.05) is 38.5 Å². The Morgan fingerprint density at radius 1 is 0.608 bits per heavy atom. The van der Waals surface area contributed by atoms with Crippen molar-refractivity contribution >= 4 is 23.4 Å². The number of hydrogen-bond acceptors (Lipinski definition) is 16. The van der Waals surface area contributed by atoms with Gasteiger partial charge in [0.1, 0.15) is 58.9 Å². The maximum Gasteiger partial charge on any atom is 0.316 e. The van der Waals surface area contributed by atoms with E-state index in [1.807, 2.05) is 24.3 Å². The number of aliphatic hydroxyl groups is 2. The number of allylic oxidation sites excluding steroid dienone is 8. The summed E-state index contributed by atoms with van der Waals surface area (Å²) in [5.41, 5.74) is 1.84. The van der Waals surface area contributed by atoms with E-state index >= 15 is 0 Å². The first kappa shape index (κ1) is 59.1. The lowest BCUT2D eigenvalue weighted by atomic mass is 9.71. The highest BCUT2D eigenvalue weighted by atomic mass is 16.7. The van der Waals surface area contributed by atoms with E-state index in [2.05, 4.69) is 90.0 Å². The van der Waals surface area contributed by atoms with Crippen molar-refractivity contribution < 1.29 is 68.1 Å². The van der Waals surface area contributed by atoms with Crippen molar-refractivity contribution in [3.8, 4) is 0 Å². The van der Waals surface area contributed by atoms with E-state index in [0.717, 1.165) is 51.4 Å². The summed E-state index contributed by atoms with van der Waals surface area (Å²) in [5.74, 6) is -3.22. The van der Waals surface area contributed by atoms with Crippen LogP contribution in [0.3, 0.4) is 0 Å². The van der Waals surface area contributed by atoms with Crippen molar-refractivity contribution in [2.24, 2.45) is 45.8 Å². The number of oxime groups is 2. The maximum atomic E-state index is 13.9. The quantitative estimate of drug-likeness (QED) is 0.0833. The molecule has 0 radical (unpaired) electrons. The molecule has 6 fully saturated rings. The van der Waals surface area contributed by atoms with Crippen LogP contribution < -0.4 is 0 Å². The number of esters is 2. The second kappa shape index (κ2) is 24.1. The maximum absolute atomic E-state index is 13.9. The molecule has 8 heterocycles. The standard InChI is InChI=1S/C32H45NO7.C31H43NO7/c1-6-27-21(4)12-13-31(40-27)17-25-16-24(39-31)11-10-20(3)14-19(2)8-7-9-23-18-37-29-28(33-36)22(5)15-26(30(34)38-25)32(23,29)35;1-18-7-6-8-23-17-36-28-27(32-35)21(4)14-26(31(23,28)34)29(33)37-25-15-24(10-9-19(2)13-18)39-30(16-25)12-11-20(3)22(5)38-30/h7-10,15,19,21,24-27,29,35-36H,6,11-14,16-18H2,1-5H3;6-9,14,18,20,22,24-26,28,34-35H,10-13,15-17H2,1-5H3/t19?,21?,24?,25?,26?,27?,29?,31-,32-;18?,20?,22?,24?,25?,26?,28?,30-,31+/m10/s1. The monoisotopic (exact) mass is 1100 g/mol. The molecule has 2 spiro atoms. The molecule has 16 heteroatoms. The van der Waals surface area contributed by atoms with E-state index in [4.69, 9.17) is 37.9 Å². The molecular formula is C63H88N2O14. The van der Waals surface area contributed by atoms with Crippen LogP contribution in [0.1, 0.15) is 153 Å². The topological polar surface area (TPSA) is 214 Å². The molecule has 2 aliphatic carbocycles. The van der Waals surface area contributed by atoms with Gasteiger partial charge in [0.05, 0.1) is 37.6 Å². The van der Waals surface area contributed by atoms with Crippen LogP contribution in [0.15, 0.2) is 105 Å². The molecule has 0 aromatic rings. The largest absolute Gasteiger partial charge is 0.462 e. The Hall–Kier alpha value is -4.52. The van der Waals surface area contributed by atoms with E-state index in [-0.39, 0.29) is 60.9 Å². The Morgan fingerprint density at radius 3 is 1.48 bits per heavy atom. The number of nitrogens with zero attached hydrogens (tertiary/aromatic N) is 2. The summed E-state index contributed by atoms with van der Waals surface area (Å²) in [6.45, 7) is 21.0. The minimum absolute atomic E-state index is 0.0431. The van der Waals surface area contributed by atoms with Crippen LogP contribution >= 0.6 is 0 Å². The highest BCUT2D eigenvalue weighted by Crippen LogP contribution is 2.49. The summed E-state index contributed by atoms with van der Waals surface area (Å²) in [6, 6.07) is 0. The molecule has 434 valence electrons. The number of fused-ring (bicyclic) bond motifs is 4. The molecule has 4 bridgehead atoms. The predicted octanol–water partition coefficient (Wildman–Crippen LogP) is 10.4. The Morgan fingerprint density at radius 2 is 1.05 bits per heavy atom. The first-order chi connectivity index (χ1) is 37.6. The summed E-state index contributed by atoms with van der Waals surface area (Å²) in [6.07, 6.45) is 26.1. The molecule has 14 unspecified atom stereocenters. The van der Waals surface area contributed by atoms with Crippen molar-refractivity contribution in [1.29, 1.82) is 0 Å². The van der Waals surface area contributed by atoms with Gasteiger partial charge >= 0.3 is 11.9 Å². The fraction of sp³-hybridized carbons (Fsp3) is 0.683. The van der Waals surface area contributed by atoms with Gasteiger partial charge in [0.2, 0.25) is 0 Å². The summed E-state index contributed by atoms with van der Waals surface area (Å²) in [5, 5.41) is 50.5. The highest BCUT2D eigenvalue weighted by Gasteiger charge is 2.61. The lowest BCUT2D eigenvalue weighted by Crippen LogP contribution is -2.57. The zero-order valence-electron chi connectivity index (χ0n) is 48.2. The number of rotatable bonds is 1. The van der Waals surface area contributed by atoms with Crippen molar-refractivity contribution in [1.82, 2.24) is 0 Å². The van der Waals surface area contributed by atoms with Gasteiger partial charge in [-0.25, -0.2) is 0 Å². The van der Waals surface area contributed by atoms with E-state index in [1.54, 1.807) is 26.0 Å². The Bertz CT molecular complexity index is 2610. The fourth-order valence-corrected chi connectivity index (χ4v) is 14.1. The summed E-state index contributed by atoms with van der Waals surface area (Å²) in [7, 11) is 0. The molecule has 10 aliphatic rings. The fourth-order valence-electron chi connectivity index (χ4n) is 14.1. The van der Waals surface area contributed by atoms with E-state index in [9.17, 15) is 30.2 Å². The van der Waals surface area contributed by atoms with E-state index < -0.39 is 71.0 Å². The van der Waals surface area contributed by atoms with Crippen LogP contribution in [-0.2, 0) is 47.5 Å². The first-order valence-electron chi connectivity index (χ1n) is 29.3. The van der Waals surface area contributed by atoms with Crippen LogP contribution in [0, 0.1) is 35.5 Å². The Kier molecular flexibility index (Phi) is 18.1. The van der Waals surface area contributed by atoms with Crippen molar-refractivity contribution in [2.45, 2.75) is 224 Å². The van der Waals surface area contributed by atoms with Crippen LogP contribution in [-0.4, -0.2) is 129 Å². The van der Waals surface area contributed by atoms with E-state index in [1.165, 1.54) is 11.1 Å². The molecule has 16 nitrogen and oxygen atoms in total. The minimum atomic E-state index is -1.72. The number of carbonyl (C=O) groups excluding carboxylic acids is 2. The van der Waals surface area contributed by atoms with Crippen LogP contribution in [0.2, 0.25) is 0 Å². The third kappa shape index (κ3) is 12.2. The molecule has 0 aromatic heterocycles. The molecule has 79 heavy (non-hydrogen) atoms. The molecule has 6 saturated heterocycles. The molecule has 8 aliphatic heterocycles. The summed E-state index contributed by atoms with van der Waals surface area (Å²) in [4.78, 5) is 27.8. The zero-order valence-corrected chi connectivity index (χ0v) is 48.2. The first-order valence-corrected chi connectivity index (χ1v) is 29.3. The number of hydrogen-bond donors (Lipinski definition) is 4. The van der Waals surface area contributed by atoms with Gasteiger partial charge in [0.15, 0.2) is 11.6 Å². The predicted molar refractivity (Wildman–Crippen MR) is 297 cm³/mol.